The van der Waals surface area contributed by atoms with Gasteiger partial charge >= 0.3 is 0 Å². The zero-order valence-corrected chi connectivity index (χ0v) is 11.4. The third kappa shape index (κ3) is 3.28. The number of aliphatic hydroxyl groups is 1. The molecular weight excluding hydrogens is 267 g/mol. The summed E-state index contributed by atoms with van der Waals surface area (Å²) in [5, 5.41) is 18.2. The van der Waals surface area contributed by atoms with Crippen LogP contribution in [0.5, 0.6) is 0 Å². The second-order valence-electron chi connectivity index (χ2n) is 4.49. The van der Waals surface area contributed by atoms with Crippen LogP contribution in [0.1, 0.15) is 28.6 Å². The van der Waals surface area contributed by atoms with E-state index in [1.165, 1.54) is 12.1 Å². The fourth-order valence-corrected chi connectivity index (χ4v) is 2.11. The summed E-state index contributed by atoms with van der Waals surface area (Å²) in [4.78, 5) is 0. The standard InChI is InChI=1S/C14H14ClFN2O/c1-8-5-11(9(2)18-17-8)14(19)7-10-3-4-13(16)12(15)6-10/h3-6,14,19H,7H2,1-2H3. The highest BCUT2D eigenvalue weighted by molar-refractivity contribution is 6.30. The molecule has 100 valence electrons. The van der Waals surface area contributed by atoms with Gasteiger partial charge in [-0.05, 0) is 37.6 Å². The van der Waals surface area contributed by atoms with Crippen molar-refractivity contribution < 1.29 is 9.50 Å². The molecule has 1 atom stereocenters. The van der Waals surface area contributed by atoms with Crippen molar-refractivity contribution in [3.05, 3.63) is 57.6 Å². The van der Waals surface area contributed by atoms with Gasteiger partial charge in [0.1, 0.15) is 5.82 Å². The first-order chi connectivity index (χ1) is 8.97. The second kappa shape index (κ2) is 5.63. The number of hydrogen-bond acceptors (Lipinski definition) is 3. The minimum absolute atomic E-state index is 0.0606. The van der Waals surface area contributed by atoms with Gasteiger partial charge in [0.05, 0.1) is 22.5 Å². The van der Waals surface area contributed by atoms with Crippen molar-refractivity contribution in [2.75, 3.05) is 0 Å². The molecule has 3 nitrogen and oxygen atoms in total. The van der Waals surface area contributed by atoms with Crippen molar-refractivity contribution in [2.45, 2.75) is 26.4 Å². The first kappa shape index (κ1) is 13.9. The maximum Gasteiger partial charge on any atom is 0.141 e. The number of aromatic nitrogens is 2. The van der Waals surface area contributed by atoms with Crippen LogP contribution in [0, 0.1) is 19.7 Å². The highest BCUT2D eigenvalue weighted by atomic mass is 35.5. The molecule has 1 heterocycles. The van der Waals surface area contributed by atoms with E-state index in [0.717, 1.165) is 16.8 Å². The predicted octanol–water partition coefficient (Wildman–Crippen LogP) is 3.16. The predicted molar refractivity (Wildman–Crippen MR) is 71.6 cm³/mol. The van der Waals surface area contributed by atoms with Gasteiger partial charge in [0, 0.05) is 12.0 Å². The maximum absolute atomic E-state index is 13.1. The lowest BCUT2D eigenvalue weighted by Gasteiger charge is -2.13. The number of hydrogen-bond donors (Lipinski definition) is 1. The molecule has 1 N–H and O–H groups in total. The fourth-order valence-electron chi connectivity index (χ4n) is 1.91. The van der Waals surface area contributed by atoms with Crippen LogP contribution in [-0.4, -0.2) is 15.3 Å². The van der Waals surface area contributed by atoms with Crippen LogP contribution in [0.15, 0.2) is 24.3 Å². The maximum atomic E-state index is 13.1. The van der Waals surface area contributed by atoms with Crippen molar-refractivity contribution in [2.24, 2.45) is 0 Å². The Kier molecular flexibility index (Phi) is 4.12. The van der Waals surface area contributed by atoms with Crippen LogP contribution < -0.4 is 0 Å². The van der Waals surface area contributed by atoms with Crippen LogP contribution in [0.3, 0.4) is 0 Å². The molecule has 1 unspecified atom stereocenters. The molecule has 2 aromatic rings. The number of rotatable bonds is 3. The van der Waals surface area contributed by atoms with E-state index in [-0.39, 0.29) is 5.02 Å². The Bertz CT molecular complexity index is 604. The highest BCUT2D eigenvalue weighted by Gasteiger charge is 2.14. The molecule has 1 aromatic carbocycles. The molecule has 0 radical (unpaired) electrons. The second-order valence-corrected chi connectivity index (χ2v) is 4.90. The molecule has 0 spiro atoms. The lowest BCUT2D eigenvalue weighted by atomic mass is 10.0. The first-order valence-electron chi connectivity index (χ1n) is 5.90. The zero-order valence-electron chi connectivity index (χ0n) is 10.7. The molecular formula is C14H14ClFN2O. The molecule has 0 bridgehead atoms. The molecule has 0 saturated heterocycles. The molecule has 0 aliphatic rings. The summed E-state index contributed by atoms with van der Waals surface area (Å²) < 4.78 is 13.1. The normalized spacial score (nSPS) is 12.5. The van der Waals surface area contributed by atoms with Gasteiger partial charge in [-0.2, -0.15) is 10.2 Å². The Morgan fingerprint density at radius 3 is 2.68 bits per heavy atom. The van der Waals surface area contributed by atoms with Crippen LogP contribution in [0.4, 0.5) is 4.39 Å². The number of benzene rings is 1. The van der Waals surface area contributed by atoms with E-state index in [0.29, 0.717) is 12.1 Å². The van der Waals surface area contributed by atoms with Gasteiger partial charge in [0.2, 0.25) is 0 Å². The zero-order chi connectivity index (χ0) is 14.0. The smallest absolute Gasteiger partial charge is 0.141 e. The lowest BCUT2D eigenvalue weighted by Crippen LogP contribution is -2.07. The largest absolute Gasteiger partial charge is 0.388 e. The highest BCUT2D eigenvalue weighted by Crippen LogP contribution is 2.23. The number of nitrogens with zero attached hydrogens (tertiary/aromatic N) is 2. The topological polar surface area (TPSA) is 46.0 Å². The third-order valence-electron chi connectivity index (χ3n) is 2.91. The number of halogens is 2. The molecule has 0 aliphatic heterocycles. The summed E-state index contributed by atoms with van der Waals surface area (Å²) in [5.41, 5.74) is 2.93. The van der Waals surface area contributed by atoms with E-state index in [1.807, 2.05) is 6.92 Å². The molecule has 0 saturated carbocycles. The van der Waals surface area contributed by atoms with Gasteiger partial charge in [0.15, 0.2) is 0 Å². The van der Waals surface area contributed by atoms with Gasteiger partial charge < -0.3 is 5.11 Å². The molecule has 0 aliphatic carbocycles. The van der Waals surface area contributed by atoms with E-state index in [9.17, 15) is 9.50 Å². The van der Waals surface area contributed by atoms with E-state index in [1.54, 1.807) is 19.1 Å². The average molecular weight is 281 g/mol. The number of aliphatic hydroxyl groups excluding tert-OH is 1. The third-order valence-corrected chi connectivity index (χ3v) is 3.20. The van der Waals surface area contributed by atoms with E-state index < -0.39 is 11.9 Å². The fraction of sp³-hybridized carbons (Fsp3) is 0.286. The first-order valence-corrected chi connectivity index (χ1v) is 6.28. The van der Waals surface area contributed by atoms with Gasteiger partial charge in [-0.15, -0.1) is 0 Å². The Morgan fingerprint density at radius 1 is 1.26 bits per heavy atom. The van der Waals surface area contributed by atoms with Gasteiger partial charge in [0.25, 0.3) is 0 Å². The summed E-state index contributed by atoms with van der Waals surface area (Å²) in [6.07, 6.45) is -0.359. The van der Waals surface area contributed by atoms with Gasteiger partial charge in [-0.25, -0.2) is 4.39 Å². The summed E-state index contributed by atoms with van der Waals surface area (Å²) in [7, 11) is 0. The minimum Gasteiger partial charge on any atom is -0.388 e. The summed E-state index contributed by atoms with van der Waals surface area (Å²) in [6.45, 7) is 3.61. The van der Waals surface area contributed by atoms with Crippen LogP contribution in [0.2, 0.25) is 5.02 Å². The van der Waals surface area contributed by atoms with Crippen LogP contribution >= 0.6 is 11.6 Å². The SMILES string of the molecule is Cc1cc(C(O)Cc2ccc(F)c(Cl)c2)c(C)nn1. The van der Waals surface area contributed by atoms with E-state index in [4.69, 9.17) is 11.6 Å². The van der Waals surface area contributed by atoms with E-state index in [2.05, 4.69) is 10.2 Å². The molecule has 0 fully saturated rings. The van der Waals surface area contributed by atoms with Gasteiger partial charge in [-0.1, -0.05) is 17.7 Å². The Balaban J connectivity index is 2.22. The molecule has 19 heavy (non-hydrogen) atoms. The van der Waals surface area contributed by atoms with Crippen molar-refractivity contribution in [1.82, 2.24) is 10.2 Å². The lowest BCUT2D eigenvalue weighted by molar-refractivity contribution is 0.177. The summed E-state index contributed by atoms with van der Waals surface area (Å²) >= 11 is 5.72. The summed E-state index contributed by atoms with van der Waals surface area (Å²) in [6, 6.07) is 6.24. The summed E-state index contributed by atoms with van der Waals surface area (Å²) in [5.74, 6) is -0.461. The van der Waals surface area contributed by atoms with Gasteiger partial charge in [-0.3, -0.25) is 0 Å². The van der Waals surface area contributed by atoms with Crippen molar-refractivity contribution in [3.63, 3.8) is 0 Å². The number of aryl methyl sites for hydroxylation is 2. The van der Waals surface area contributed by atoms with Crippen LogP contribution in [-0.2, 0) is 6.42 Å². The van der Waals surface area contributed by atoms with Crippen molar-refractivity contribution in [3.8, 4) is 0 Å². The van der Waals surface area contributed by atoms with Crippen molar-refractivity contribution >= 4 is 11.6 Å². The molecule has 1 aromatic heterocycles. The van der Waals surface area contributed by atoms with Crippen LogP contribution in [0.25, 0.3) is 0 Å². The van der Waals surface area contributed by atoms with Crippen molar-refractivity contribution in [1.29, 1.82) is 0 Å². The molecule has 0 amide bonds. The molecule has 5 heteroatoms. The quantitative estimate of drug-likeness (QED) is 0.939. The Hall–Kier alpha value is -1.52. The average Bonchev–Trinajstić information content (AvgIpc) is 2.36. The minimum atomic E-state index is -0.712. The molecule has 2 rings (SSSR count). The Morgan fingerprint density at radius 2 is 2.00 bits per heavy atom. The Labute approximate surface area is 116 Å². The monoisotopic (exact) mass is 280 g/mol. The van der Waals surface area contributed by atoms with E-state index >= 15 is 0 Å².